The molecule has 1 aliphatic rings. The summed E-state index contributed by atoms with van der Waals surface area (Å²) in [6.07, 6.45) is -12.7. The molecular formula is C45H67N5O14. The number of rotatable bonds is 20. The lowest BCUT2D eigenvalue weighted by atomic mass is 10.0. The van der Waals surface area contributed by atoms with Gasteiger partial charge in [-0.3, -0.25) is 24.3 Å². The number of aromatic hydroxyl groups is 2. The van der Waals surface area contributed by atoms with Crippen LogP contribution in [-0.2, 0) is 19.6 Å². The molecule has 1 fully saturated rings. The van der Waals surface area contributed by atoms with E-state index >= 15 is 0 Å². The zero-order valence-electron chi connectivity index (χ0n) is 36.4. The third kappa shape index (κ3) is 15.1. The Labute approximate surface area is 373 Å². The number of nitrogens with zero attached hydrogens (tertiary/aromatic N) is 3. The number of hydrogen-bond acceptors (Lipinski definition) is 17. The van der Waals surface area contributed by atoms with Crippen LogP contribution in [-0.4, -0.2) is 202 Å². The number of aliphatic hydroxyl groups is 10. The van der Waals surface area contributed by atoms with Crippen molar-refractivity contribution in [2.24, 2.45) is 0 Å². The Hall–Kier alpha value is -4.32. The van der Waals surface area contributed by atoms with Crippen molar-refractivity contribution >= 4 is 11.8 Å². The summed E-state index contributed by atoms with van der Waals surface area (Å²) in [5.41, 5.74) is 3.31. The molecular weight excluding hydrogens is 835 g/mol. The SMILES string of the molecule is Cc1cc(CN2CCCN(Cc3ccccc3)CCCN(Cc3cc(C)cc(C(=O)NCC(O)C(O)C(O)C(O)CO)c3O)CC2)c(O)c(C(=O)NCC(O)C(O)C(O)C(O)CO)c1. The fourth-order valence-electron chi connectivity index (χ4n) is 7.70. The largest absolute Gasteiger partial charge is 0.507 e. The van der Waals surface area contributed by atoms with Crippen LogP contribution >= 0.6 is 0 Å². The van der Waals surface area contributed by atoms with E-state index in [2.05, 4.69) is 37.5 Å². The molecule has 14 N–H and O–H groups in total. The Morgan fingerprint density at radius 2 is 0.891 bits per heavy atom. The van der Waals surface area contributed by atoms with Gasteiger partial charge in [-0.25, -0.2) is 0 Å². The number of phenols is 2. The van der Waals surface area contributed by atoms with E-state index < -0.39 is 86.9 Å². The average molecular weight is 902 g/mol. The number of aryl methyl sites for hydroxylation is 2. The first kappa shape index (κ1) is 52.3. The molecule has 4 rings (SSSR count). The number of phenolic OH excluding ortho intramolecular Hbond substituents is 2. The maximum Gasteiger partial charge on any atom is 0.255 e. The van der Waals surface area contributed by atoms with E-state index in [4.69, 9.17) is 10.2 Å². The molecule has 356 valence electrons. The third-order valence-corrected chi connectivity index (χ3v) is 11.4. The highest BCUT2D eigenvalue weighted by Crippen LogP contribution is 2.28. The van der Waals surface area contributed by atoms with Crippen LogP contribution in [0, 0.1) is 13.8 Å². The van der Waals surface area contributed by atoms with Crippen molar-refractivity contribution in [3.05, 3.63) is 93.5 Å². The van der Waals surface area contributed by atoms with E-state index in [1.807, 2.05) is 18.2 Å². The molecule has 1 heterocycles. The summed E-state index contributed by atoms with van der Waals surface area (Å²) in [6, 6.07) is 16.6. The van der Waals surface area contributed by atoms with Gasteiger partial charge in [0.1, 0.15) is 48.1 Å². The third-order valence-electron chi connectivity index (χ3n) is 11.4. The summed E-state index contributed by atoms with van der Waals surface area (Å²) in [7, 11) is 0. The van der Waals surface area contributed by atoms with Gasteiger partial charge in [-0.2, -0.15) is 0 Å². The molecule has 0 aromatic heterocycles. The van der Waals surface area contributed by atoms with Crippen LogP contribution in [0.2, 0.25) is 0 Å². The van der Waals surface area contributed by atoms with Crippen molar-refractivity contribution < 1.29 is 70.9 Å². The molecule has 8 atom stereocenters. The number of aliphatic hydroxyl groups excluding tert-OH is 10. The van der Waals surface area contributed by atoms with Crippen LogP contribution in [0.15, 0.2) is 54.6 Å². The number of nitrogens with one attached hydrogen (secondary N) is 2. The molecule has 8 unspecified atom stereocenters. The molecule has 19 heteroatoms. The molecule has 3 aromatic carbocycles. The van der Waals surface area contributed by atoms with Gasteiger partial charge in [0.25, 0.3) is 11.8 Å². The Morgan fingerprint density at radius 1 is 0.531 bits per heavy atom. The highest BCUT2D eigenvalue weighted by Gasteiger charge is 2.32. The Kier molecular flexibility index (Phi) is 20.8. The van der Waals surface area contributed by atoms with Crippen molar-refractivity contribution in [2.75, 3.05) is 65.6 Å². The van der Waals surface area contributed by atoms with E-state index in [1.165, 1.54) is 17.7 Å². The minimum Gasteiger partial charge on any atom is -0.507 e. The smallest absolute Gasteiger partial charge is 0.255 e. The molecule has 3 aromatic rings. The van der Waals surface area contributed by atoms with Crippen molar-refractivity contribution in [1.29, 1.82) is 0 Å². The maximum absolute atomic E-state index is 13.3. The zero-order chi connectivity index (χ0) is 47.1. The summed E-state index contributed by atoms with van der Waals surface area (Å²) >= 11 is 0. The molecule has 0 saturated carbocycles. The first-order chi connectivity index (χ1) is 30.4. The minimum absolute atomic E-state index is 0.0697. The first-order valence-electron chi connectivity index (χ1n) is 21.5. The lowest BCUT2D eigenvalue weighted by molar-refractivity contribution is -0.113. The topological polar surface area (TPSA) is 311 Å². The summed E-state index contributed by atoms with van der Waals surface area (Å²) in [6.45, 7) is 5.83. The van der Waals surface area contributed by atoms with Crippen LogP contribution in [0.25, 0.3) is 0 Å². The van der Waals surface area contributed by atoms with Crippen LogP contribution in [0.5, 0.6) is 11.5 Å². The van der Waals surface area contributed by atoms with Crippen molar-refractivity contribution in [3.8, 4) is 11.5 Å². The minimum atomic E-state index is -1.88. The van der Waals surface area contributed by atoms with Gasteiger partial charge in [-0.1, -0.05) is 42.5 Å². The molecule has 2 amide bonds. The second kappa shape index (κ2) is 25.4. The normalized spacial score (nSPS) is 18.8. The first-order valence-corrected chi connectivity index (χ1v) is 21.5. The molecule has 0 bridgehead atoms. The number of amides is 2. The predicted octanol–water partition coefficient (Wildman–Crippen LogP) is -2.35. The summed E-state index contributed by atoms with van der Waals surface area (Å²) < 4.78 is 0. The van der Waals surface area contributed by atoms with Crippen molar-refractivity contribution in [2.45, 2.75) is 95.2 Å². The molecule has 0 aliphatic carbocycles. The summed E-state index contributed by atoms with van der Waals surface area (Å²) in [5, 5.41) is 126. The molecule has 0 radical (unpaired) electrons. The highest BCUT2D eigenvalue weighted by atomic mass is 16.4. The van der Waals surface area contributed by atoms with Gasteiger partial charge in [-0.15, -0.1) is 0 Å². The van der Waals surface area contributed by atoms with Crippen molar-refractivity contribution in [1.82, 2.24) is 25.3 Å². The van der Waals surface area contributed by atoms with E-state index in [1.54, 1.807) is 26.0 Å². The van der Waals surface area contributed by atoms with Gasteiger partial charge in [0.05, 0.1) is 36.5 Å². The van der Waals surface area contributed by atoms with E-state index in [-0.39, 0.29) is 35.7 Å². The van der Waals surface area contributed by atoms with Crippen molar-refractivity contribution in [3.63, 3.8) is 0 Å². The summed E-state index contributed by atoms with van der Waals surface area (Å²) in [5.74, 6) is -2.05. The van der Waals surface area contributed by atoms with Gasteiger partial charge >= 0.3 is 0 Å². The molecule has 1 aliphatic heterocycles. The lowest BCUT2D eigenvalue weighted by Crippen LogP contribution is -2.49. The highest BCUT2D eigenvalue weighted by molar-refractivity contribution is 5.98. The van der Waals surface area contributed by atoms with Crippen LogP contribution in [0.1, 0.15) is 61.4 Å². The van der Waals surface area contributed by atoms with Crippen LogP contribution < -0.4 is 10.6 Å². The van der Waals surface area contributed by atoms with Crippen LogP contribution in [0.3, 0.4) is 0 Å². The number of hydrogen-bond donors (Lipinski definition) is 14. The van der Waals surface area contributed by atoms with Gasteiger partial charge in [0.15, 0.2) is 0 Å². The van der Waals surface area contributed by atoms with Gasteiger partial charge < -0.3 is 71.9 Å². The van der Waals surface area contributed by atoms with E-state index in [0.29, 0.717) is 48.4 Å². The van der Waals surface area contributed by atoms with E-state index in [0.717, 1.165) is 32.5 Å². The molecule has 19 nitrogen and oxygen atoms in total. The van der Waals surface area contributed by atoms with Crippen LogP contribution in [0.4, 0.5) is 0 Å². The fraction of sp³-hybridized carbons (Fsp3) is 0.556. The number of carbonyl (C=O) groups is 2. The summed E-state index contributed by atoms with van der Waals surface area (Å²) in [4.78, 5) is 33.3. The second-order valence-electron chi connectivity index (χ2n) is 16.7. The number of benzene rings is 3. The fourth-order valence-corrected chi connectivity index (χ4v) is 7.70. The van der Waals surface area contributed by atoms with E-state index in [9.17, 15) is 60.7 Å². The second-order valence-corrected chi connectivity index (χ2v) is 16.7. The molecule has 1 saturated heterocycles. The standard InChI is InChI=1S/C45H67N5O14/c1-27-16-30(38(57)32(18-27)44(63)46-20-34(53)40(59)42(61)36(55)25-51)23-49-12-6-10-48(22-29-8-4-3-5-9-29)11-7-13-50(15-14-49)24-31-17-28(2)19-33(39(31)58)45(64)47-21-35(54)41(60)43(62)37(56)26-52/h3-5,8-9,16-19,34-37,40-43,51-62H,6-7,10-15,20-26H2,1-2H3,(H,46,63)(H,47,64). The Balaban J connectivity index is 1.53. The monoisotopic (exact) mass is 901 g/mol. The van der Waals surface area contributed by atoms with Gasteiger partial charge in [-0.05, 0) is 81.7 Å². The Bertz CT molecular complexity index is 1810. The molecule has 64 heavy (non-hydrogen) atoms. The quantitative estimate of drug-likeness (QED) is 0.0565. The zero-order valence-corrected chi connectivity index (χ0v) is 36.4. The lowest BCUT2D eigenvalue weighted by Gasteiger charge is -2.28. The maximum atomic E-state index is 13.3. The average Bonchev–Trinajstić information content (AvgIpc) is 3.32. The molecule has 0 spiro atoms. The Morgan fingerprint density at radius 3 is 1.27 bits per heavy atom. The predicted molar refractivity (Wildman–Crippen MR) is 234 cm³/mol. The number of carbonyl (C=O) groups excluding carboxylic acids is 2. The van der Waals surface area contributed by atoms with Gasteiger partial charge in [0.2, 0.25) is 0 Å². The van der Waals surface area contributed by atoms with Gasteiger partial charge in [0, 0.05) is 56.9 Å².